The van der Waals surface area contributed by atoms with Crippen molar-refractivity contribution in [1.29, 1.82) is 0 Å². The zero-order valence-electron chi connectivity index (χ0n) is 15.5. The van der Waals surface area contributed by atoms with Crippen molar-refractivity contribution in [2.75, 3.05) is 6.61 Å². The fourth-order valence-electron chi connectivity index (χ4n) is 4.05. The minimum atomic E-state index is -1.85. The SMILES string of the molecule is C=C(CO[Si](C(C)C)(C(C)C)C(C)C)[C@@H]1CC=C(C)C(=O)C1. The first-order valence-corrected chi connectivity index (χ1v) is 10.8. The minimum Gasteiger partial charge on any atom is -0.412 e. The first-order valence-electron chi connectivity index (χ1n) is 8.64. The standard InChI is InChI=1S/C19H34O2Si/c1-13(2)22(14(3)4,15(5)6)21-12-17(8)18-10-9-16(7)19(20)11-18/h9,13-15,18H,8,10-12H2,1-7H3/t18-/m1/s1. The average Bonchev–Trinajstić information content (AvgIpc) is 2.41. The summed E-state index contributed by atoms with van der Waals surface area (Å²) in [4.78, 5) is 11.9. The van der Waals surface area contributed by atoms with E-state index in [4.69, 9.17) is 4.43 Å². The molecule has 0 aliphatic heterocycles. The number of Topliss-reactive ketones (excluding diaryl/α,β-unsaturated/α-hetero) is 1. The number of allylic oxidation sites excluding steroid dienone is 2. The van der Waals surface area contributed by atoms with Gasteiger partial charge in [0.2, 0.25) is 8.32 Å². The molecule has 1 aliphatic carbocycles. The zero-order chi connectivity index (χ0) is 17.1. The maximum absolute atomic E-state index is 11.9. The third-order valence-corrected chi connectivity index (χ3v) is 11.4. The lowest BCUT2D eigenvalue weighted by Crippen LogP contribution is -2.48. The van der Waals surface area contributed by atoms with Crippen molar-refractivity contribution in [2.45, 2.75) is 77.9 Å². The summed E-state index contributed by atoms with van der Waals surface area (Å²) in [6.45, 7) is 20.5. The summed E-state index contributed by atoms with van der Waals surface area (Å²) in [6.07, 6.45) is 3.59. The number of hydrogen-bond acceptors (Lipinski definition) is 2. The van der Waals surface area contributed by atoms with E-state index in [2.05, 4.69) is 54.2 Å². The van der Waals surface area contributed by atoms with Crippen molar-refractivity contribution in [3.63, 3.8) is 0 Å². The second kappa shape index (κ2) is 7.74. The molecule has 0 bridgehead atoms. The first kappa shape index (κ1) is 19.4. The molecule has 126 valence electrons. The molecule has 0 radical (unpaired) electrons. The van der Waals surface area contributed by atoms with Gasteiger partial charge in [0.1, 0.15) is 0 Å². The molecule has 0 N–H and O–H groups in total. The van der Waals surface area contributed by atoms with Crippen LogP contribution in [0.1, 0.15) is 61.3 Å². The lowest BCUT2D eigenvalue weighted by Gasteiger charge is -2.42. The number of carbonyl (C=O) groups is 1. The smallest absolute Gasteiger partial charge is 0.200 e. The van der Waals surface area contributed by atoms with E-state index in [1.54, 1.807) is 0 Å². The normalized spacial score (nSPS) is 20.0. The minimum absolute atomic E-state index is 0.259. The molecule has 0 spiro atoms. The lowest BCUT2D eigenvalue weighted by atomic mass is 9.85. The van der Waals surface area contributed by atoms with E-state index in [1.165, 1.54) is 0 Å². The van der Waals surface area contributed by atoms with Gasteiger partial charge >= 0.3 is 0 Å². The van der Waals surface area contributed by atoms with Crippen LogP contribution in [0.4, 0.5) is 0 Å². The molecule has 1 atom stereocenters. The molecular weight excluding hydrogens is 288 g/mol. The van der Waals surface area contributed by atoms with Gasteiger partial charge in [0, 0.05) is 6.42 Å². The summed E-state index contributed by atoms with van der Waals surface area (Å²) in [5.74, 6) is 0.520. The maximum Gasteiger partial charge on any atom is 0.200 e. The van der Waals surface area contributed by atoms with Crippen molar-refractivity contribution < 1.29 is 9.22 Å². The quantitative estimate of drug-likeness (QED) is 0.446. The second-order valence-electron chi connectivity index (χ2n) is 7.71. The van der Waals surface area contributed by atoms with Gasteiger partial charge in [-0.25, -0.2) is 0 Å². The van der Waals surface area contributed by atoms with Gasteiger partial charge < -0.3 is 4.43 Å². The van der Waals surface area contributed by atoms with Crippen molar-refractivity contribution in [3.8, 4) is 0 Å². The fraction of sp³-hybridized carbons (Fsp3) is 0.737. The molecule has 1 aliphatic rings. The van der Waals surface area contributed by atoms with Gasteiger partial charge in [0.15, 0.2) is 5.78 Å². The molecular formula is C19H34O2Si. The Bertz CT molecular complexity index is 425. The predicted octanol–water partition coefficient (Wildman–Crippen LogP) is 5.66. The van der Waals surface area contributed by atoms with Crippen molar-refractivity contribution in [2.24, 2.45) is 5.92 Å². The van der Waals surface area contributed by atoms with Crippen LogP contribution >= 0.6 is 0 Å². The van der Waals surface area contributed by atoms with E-state index in [-0.39, 0.29) is 11.7 Å². The second-order valence-corrected chi connectivity index (χ2v) is 13.2. The van der Waals surface area contributed by atoms with E-state index in [0.29, 0.717) is 29.7 Å². The van der Waals surface area contributed by atoms with E-state index in [9.17, 15) is 4.79 Å². The Hall–Kier alpha value is -0.673. The summed E-state index contributed by atoms with van der Waals surface area (Å²) in [5.41, 5.74) is 3.73. The fourth-order valence-corrected chi connectivity index (χ4v) is 9.48. The number of hydrogen-bond donors (Lipinski definition) is 0. The molecule has 0 aromatic heterocycles. The summed E-state index contributed by atoms with van der Waals surface area (Å²) >= 11 is 0. The third-order valence-electron chi connectivity index (χ3n) is 5.37. The predicted molar refractivity (Wildman–Crippen MR) is 97.6 cm³/mol. The highest BCUT2D eigenvalue weighted by molar-refractivity contribution is 6.77. The van der Waals surface area contributed by atoms with Gasteiger partial charge in [0.05, 0.1) is 6.61 Å². The molecule has 3 heteroatoms. The highest BCUT2D eigenvalue weighted by Crippen LogP contribution is 2.42. The molecule has 0 amide bonds. The Kier molecular flexibility index (Phi) is 6.81. The molecule has 0 saturated heterocycles. The van der Waals surface area contributed by atoms with Crippen molar-refractivity contribution in [3.05, 3.63) is 23.8 Å². The topological polar surface area (TPSA) is 26.3 Å². The monoisotopic (exact) mass is 322 g/mol. The van der Waals surface area contributed by atoms with E-state index < -0.39 is 8.32 Å². The Balaban J connectivity index is 2.78. The summed E-state index contributed by atoms with van der Waals surface area (Å²) in [5, 5.41) is 0. The summed E-state index contributed by atoms with van der Waals surface area (Å²) in [7, 11) is -1.85. The van der Waals surface area contributed by atoms with Crippen molar-refractivity contribution in [1.82, 2.24) is 0 Å². The van der Waals surface area contributed by atoms with Crippen LogP contribution in [0, 0.1) is 5.92 Å². The number of carbonyl (C=O) groups excluding carboxylic acids is 1. The van der Waals surface area contributed by atoms with Gasteiger partial charge in [-0.15, -0.1) is 0 Å². The summed E-state index contributed by atoms with van der Waals surface area (Å²) in [6, 6.07) is 0. The third kappa shape index (κ3) is 3.99. The average molecular weight is 323 g/mol. The largest absolute Gasteiger partial charge is 0.412 e. The molecule has 0 saturated carbocycles. The van der Waals surface area contributed by atoms with E-state index in [1.807, 2.05) is 6.92 Å². The molecule has 0 heterocycles. The highest BCUT2D eigenvalue weighted by atomic mass is 28.4. The number of rotatable bonds is 7. The van der Waals surface area contributed by atoms with Crippen LogP contribution in [-0.2, 0) is 9.22 Å². The highest BCUT2D eigenvalue weighted by Gasteiger charge is 2.45. The van der Waals surface area contributed by atoms with Crippen molar-refractivity contribution >= 4 is 14.1 Å². The zero-order valence-corrected chi connectivity index (χ0v) is 16.5. The number of ketones is 1. The van der Waals surface area contributed by atoms with E-state index in [0.717, 1.165) is 17.6 Å². The van der Waals surface area contributed by atoms with Crippen LogP contribution in [0.2, 0.25) is 16.6 Å². The van der Waals surface area contributed by atoms with Crippen LogP contribution in [-0.4, -0.2) is 20.7 Å². The Morgan fingerprint density at radius 2 is 1.73 bits per heavy atom. The van der Waals surface area contributed by atoms with Gasteiger partial charge in [-0.05, 0) is 47.0 Å². The molecule has 2 nitrogen and oxygen atoms in total. The molecule has 0 aromatic carbocycles. The van der Waals surface area contributed by atoms with Crippen LogP contribution < -0.4 is 0 Å². The Morgan fingerprint density at radius 1 is 1.23 bits per heavy atom. The maximum atomic E-state index is 11.9. The molecule has 22 heavy (non-hydrogen) atoms. The first-order chi connectivity index (χ1) is 10.1. The lowest BCUT2D eigenvalue weighted by molar-refractivity contribution is -0.116. The van der Waals surface area contributed by atoms with Gasteiger partial charge in [-0.1, -0.05) is 54.2 Å². The van der Waals surface area contributed by atoms with Crippen LogP contribution in [0.3, 0.4) is 0 Å². The van der Waals surface area contributed by atoms with Crippen LogP contribution in [0.15, 0.2) is 23.8 Å². The van der Waals surface area contributed by atoms with Gasteiger partial charge in [0.25, 0.3) is 0 Å². The molecule has 0 fully saturated rings. The molecule has 0 aromatic rings. The van der Waals surface area contributed by atoms with E-state index >= 15 is 0 Å². The van der Waals surface area contributed by atoms with Gasteiger partial charge in [-0.2, -0.15) is 0 Å². The Morgan fingerprint density at radius 3 is 2.14 bits per heavy atom. The molecule has 1 rings (SSSR count). The van der Waals surface area contributed by atoms with Crippen LogP contribution in [0.25, 0.3) is 0 Å². The van der Waals surface area contributed by atoms with Crippen LogP contribution in [0.5, 0.6) is 0 Å². The summed E-state index contributed by atoms with van der Waals surface area (Å²) < 4.78 is 6.60. The Labute approximate surface area is 138 Å². The molecule has 0 unspecified atom stereocenters. The van der Waals surface area contributed by atoms with Gasteiger partial charge in [-0.3, -0.25) is 4.79 Å².